The maximum atomic E-state index is 14.5. The maximum absolute atomic E-state index is 14.5. The highest BCUT2D eigenvalue weighted by Crippen LogP contribution is 2.46. The van der Waals surface area contributed by atoms with Crippen LogP contribution in [0.25, 0.3) is 22.0 Å². The number of carboxylic acid groups (broad SMARTS) is 1. The Labute approximate surface area is 465 Å². The average molecular weight is 1210 g/mol. The van der Waals surface area contributed by atoms with E-state index in [4.69, 9.17) is 19.5 Å². The zero-order valence-electron chi connectivity index (χ0n) is 44.3. The normalized spacial score (nSPS) is 16.8. The third-order valence-corrected chi connectivity index (χ3v) is 15.2. The molecular weight excluding hydrogens is 1150 g/mol. The zero-order chi connectivity index (χ0) is 60.1. The number of pyridine rings is 1. The van der Waals surface area contributed by atoms with Crippen LogP contribution in [0, 0.1) is 30.4 Å². The molecule has 1 aliphatic heterocycles. The van der Waals surface area contributed by atoms with Crippen molar-refractivity contribution in [3.63, 3.8) is 0 Å². The minimum absolute atomic E-state index is 0.0141. The molecule has 1 saturated heterocycles. The highest BCUT2D eigenvalue weighted by atomic mass is 32.2. The second-order valence-corrected chi connectivity index (χ2v) is 22.6. The van der Waals surface area contributed by atoms with Gasteiger partial charge in [-0.2, -0.15) is 40.8 Å². The van der Waals surface area contributed by atoms with Gasteiger partial charge in [-0.1, -0.05) is 18.1 Å². The number of likely N-dealkylation sites (tertiary alicyclic amines) is 1. The summed E-state index contributed by atoms with van der Waals surface area (Å²) >= 11 is 1.46. The Morgan fingerprint density at radius 2 is 1.72 bits per heavy atom. The van der Waals surface area contributed by atoms with Gasteiger partial charge in [-0.3, -0.25) is 28.4 Å². The van der Waals surface area contributed by atoms with Crippen LogP contribution in [0.5, 0.6) is 0 Å². The fourth-order valence-corrected chi connectivity index (χ4v) is 10.1. The summed E-state index contributed by atoms with van der Waals surface area (Å²) in [6, 6.07) is 5.70. The van der Waals surface area contributed by atoms with Crippen molar-refractivity contribution in [3.8, 4) is 23.0 Å². The smallest absolute Gasteiger partial charge is 0.435 e. The van der Waals surface area contributed by atoms with Gasteiger partial charge in [-0.25, -0.2) is 32.0 Å². The number of carbonyl (C=O) groups excluding carboxylic acids is 3. The van der Waals surface area contributed by atoms with Gasteiger partial charge in [-0.05, 0) is 108 Å². The molecule has 0 bridgehead atoms. The number of carboxylic acids is 1. The van der Waals surface area contributed by atoms with Crippen LogP contribution in [0.2, 0.25) is 0 Å². The van der Waals surface area contributed by atoms with Crippen LogP contribution in [-0.2, 0) is 67.6 Å². The molecule has 2 aliphatic rings. The minimum atomic E-state index is -4.91. The number of fused-ring (bicyclic) bond motifs is 2. The van der Waals surface area contributed by atoms with Gasteiger partial charge >= 0.3 is 39.0 Å². The predicted octanol–water partition coefficient (Wildman–Crippen LogP) is 8.83. The highest BCUT2D eigenvalue weighted by molar-refractivity contribution is 8.00. The van der Waals surface area contributed by atoms with Crippen LogP contribution < -0.4 is 9.62 Å². The monoisotopic (exact) mass is 1210 g/mol. The highest BCUT2D eigenvalue weighted by Gasteiger charge is 2.47. The number of rotatable bonds is 18. The number of hydrogen-bond acceptors (Lipinski definition) is 13. The Bertz CT molecular complexity index is 3240. The van der Waals surface area contributed by atoms with E-state index in [1.165, 1.54) is 49.9 Å². The molecule has 4 unspecified atom stereocenters. The first kappa shape index (κ1) is 63.7. The number of aromatic nitrogens is 5. The molecular formula is C50H55F9N9O10PS2. The number of urea groups is 1. The summed E-state index contributed by atoms with van der Waals surface area (Å²) in [6.45, 7) is 4.47. The SMILES string of the molecule is CCn1nc(C(F)(F)F)c2c1C(C)(F)CC2.CSC(C)(C)C#Cc1ccc(-c2ccc(C)c3c(N(C(=O)N4CCC4CN(CC(=O)O)C(=O)OCOP(O)O)S(C)=O)nn(CC(F)(F)F)c23)c(C(Cc2cc(F)cc(F)c2)NC=O)n1. The minimum Gasteiger partial charge on any atom is -0.480 e. The van der Waals surface area contributed by atoms with E-state index in [0.717, 1.165) is 28.0 Å². The van der Waals surface area contributed by atoms with Gasteiger partial charge in [0.05, 0.1) is 33.7 Å². The Morgan fingerprint density at radius 3 is 2.27 bits per heavy atom. The van der Waals surface area contributed by atoms with Gasteiger partial charge in [0.15, 0.2) is 11.5 Å². The van der Waals surface area contributed by atoms with Crippen LogP contribution in [0.4, 0.5) is 54.9 Å². The lowest BCUT2D eigenvalue weighted by atomic mass is 9.93. The van der Waals surface area contributed by atoms with Gasteiger partial charge in [0, 0.05) is 54.0 Å². The summed E-state index contributed by atoms with van der Waals surface area (Å²) < 4.78 is 149. The second-order valence-electron chi connectivity index (χ2n) is 19.2. The summed E-state index contributed by atoms with van der Waals surface area (Å²) in [5, 5.41) is 19.7. The summed E-state index contributed by atoms with van der Waals surface area (Å²) in [6.07, 6.45) is -7.19. The van der Waals surface area contributed by atoms with Crippen LogP contribution in [0.15, 0.2) is 42.5 Å². The number of nitrogens with zero attached hydrogens (tertiary/aromatic N) is 8. The fourth-order valence-electron chi connectivity index (χ4n) is 9.10. The van der Waals surface area contributed by atoms with Gasteiger partial charge in [0.25, 0.3) is 0 Å². The number of anilines is 1. The quantitative estimate of drug-likeness (QED) is 0.0211. The van der Waals surface area contributed by atoms with E-state index in [9.17, 15) is 68.0 Å². The summed E-state index contributed by atoms with van der Waals surface area (Å²) in [5.74, 6) is 2.37. The number of hydrogen-bond donors (Lipinski definition) is 4. The van der Waals surface area contributed by atoms with Gasteiger partial charge < -0.3 is 29.8 Å². The van der Waals surface area contributed by atoms with Crippen LogP contribution >= 0.6 is 20.4 Å². The van der Waals surface area contributed by atoms with E-state index in [-0.39, 0.29) is 94.6 Å². The van der Waals surface area contributed by atoms with Gasteiger partial charge in [-0.15, -0.1) is 11.8 Å². The van der Waals surface area contributed by atoms with Crippen molar-refractivity contribution < 1.29 is 87.1 Å². The standard InChI is InChI=1S/C40H43F5N7O10PS2.C10H12F4N2/c1-23-6-8-30(29-9-7-27(10-12-39(2,3)64-4)47-34(29)31(46-21-53)16-24-14-25(41)17-26(42)15-24)35-33(23)36(48-51(35)20-40(43,44)45)52(65(5)60)37(56)50-13-11-28(50)18-49(19-32(54)55)38(57)61-22-62-63(58)59;1-3-16-8-6(4-5-9(8,2)11)7(15-16)10(12,13)14/h6-9,14-15,17,21,28,31,58-59H,11,13,16,18-20,22H2,1-5H3,(H,46,53)(H,54,55);3-5H2,1-2H3. The topological polar surface area (TPSA) is 235 Å². The van der Waals surface area contributed by atoms with Crippen molar-refractivity contribution in [2.75, 3.05) is 43.2 Å². The molecule has 0 spiro atoms. The number of carbonyl (C=O) groups is 4. The van der Waals surface area contributed by atoms with E-state index < -0.39 is 122 Å². The van der Waals surface area contributed by atoms with Crippen LogP contribution in [0.1, 0.15) is 86.0 Å². The lowest BCUT2D eigenvalue weighted by Gasteiger charge is -2.44. The van der Waals surface area contributed by atoms with Gasteiger partial charge in [0.2, 0.25) is 13.2 Å². The van der Waals surface area contributed by atoms with Crippen molar-refractivity contribution in [2.24, 2.45) is 0 Å². The number of nitrogens with one attached hydrogen (secondary N) is 1. The van der Waals surface area contributed by atoms with E-state index >= 15 is 0 Å². The first-order valence-corrected chi connectivity index (χ1v) is 28.3. The number of thioether (sulfide) groups is 1. The van der Waals surface area contributed by atoms with E-state index in [1.807, 2.05) is 20.1 Å². The lowest BCUT2D eigenvalue weighted by molar-refractivity contribution is -0.142. The van der Waals surface area contributed by atoms with Crippen molar-refractivity contribution in [1.29, 1.82) is 0 Å². The predicted molar refractivity (Wildman–Crippen MR) is 280 cm³/mol. The molecule has 31 heteroatoms. The Balaban J connectivity index is 0.000000562. The molecule has 1 aliphatic carbocycles. The first-order valence-electron chi connectivity index (χ1n) is 24.4. The van der Waals surface area contributed by atoms with Gasteiger partial charge in [0.1, 0.15) is 47.1 Å². The molecule has 5 aromatic rings. The fraction of sp³-hybridized carbons (Fsp3) is 0.460. The van der Waals surface area contributed by atoms with Crippen molar-refractivity contribution >= 4 is 72.6 Å². The van der Waals surface area contributed by atoms with Crippen LogP contribution in [-0.4, -0.2) is 134 Å². The van der Waals surface area contributed by atoms with Crippen LogP contribution in [0.3, 0.4) is 0 Å². The molecule has 81 heavy (non-hydrogen) atoms. The molecule has 4 heterocycles. The Morgan fingerprint density at radius 1 is 1.05 bits per heavy atom. The van der Waals surface area contributed by atoms with Crippen molar-refractivity contribution in [2.45, 2.75) is 108 Å². The summed E-state index contributed by atoms with van der Waals surface area (Å²) in [7, 11) is -5.23. The number of halogens is 9. The number of aryl methyl sites for hydroxylation is 2. The number of benzene rings is 2. The molecule has 4 N–H and O–H groups in total. The van der Waals surface area contributed by atoms with E-state index in [1.54, 1.807) is 6.92 Å². The van der Waals surface area contributed by atoms with E-state index in [0.29, 0.717) is 26.4 Å². The maximum Gasteiger partial charge on any atom is 0.435 e. The number of amides is 4. The van der Waals surface area contributed by atoms with E-state index in [2.05, 4.69) is 31.9 Å². The molecule has 1 fully saturated rings. The molecule has 3 aromatic heterocycles. The Hall–Kier alpha value is -6.51. The first-order chi connectivity index (χ1) is 37.8. The second kappa shape index (κ2) is 25.7. The third-order valence-electron chi connectivity index (χ3n) is 12.9. The molecule has 19 nitrogen and oxygen atoms in total. The molecule has 0 saturated carbocycles. The zero-order valence-corrected chi connectivity index (χ0v) is 46.8. The summed E-state index contributed by atoms with van der Waals surface area (Å²) in [5.41, 5.74) is -1.86. The molecule has 7 rings (SSSR count). The number of ether oxygens (including phenoxy) is 1. The largest absolute Gasteiger partial charge is 0.480 e. The third kappa shape index (κ3) is 15.5. The van der Waals surface area contributed by atoms with Crippen molar-refractivity contribution in [1.82, 2.24) is 39.7 Å². The lowest BCUT2D eigenvalue weighted by Crippen LogP contribution is -2.60. The van der Waals surface area contributed by atoms with Crippen molar-refractivity contribution in [3.05, 3.63) is 93.6 Å². The number of alkyl halides is 7. The summed E-state index contributed by atoms with van der Waals surface area (Å²) in [4.78, 5) is 75.3. The molecule has 440 valence electrons. The molecule has 0 radical (unpaired) electrons. The average Bonchev–Trinajstić information content (AvgIpc) is 4.15. The molecule has 2 aromatic carbocycles. The number of aliphatic carboxylic acids is 1. The molecule has 4 amide bonds. The molecule has 4 atom stereocenters. The Kier molecular flexibility index (Phi) is 20.2.